The number of ketones is 1. The summed E-state index contributed by atoms with van der Waals surface area (Å²) in [5, 5.41) is 13.3. The zero-order chi connectivity index (χ0) is 18.5. The number of aliphatic carboxylic acids is 1. The van der Waals surface area contributed by atoms with E-state index in [1.807, 2.05) is 12.1 Å². The van der Waals surface area contributed by atoms with Gasteiger partial charge in [0.1, 0.15) is 11.6 Å². The second-order valence-electron chi connectivity index (χ2n) is 6.64. The highest BCUT2D eigenvalue weighted by molar-refractivity contribution is 6.05. The van der Waals surface area contributed by atoms with Gasteiger partial charge in [-0.3, -0.25) is 14.9 Å². The topological polar surface area (TPSA) is 108 Å². The van der Waals surface area contributed by atoms with Crippen LogP contribution in [0.3, 0.4) is 0 Å². The number of hydrogen-bond donors (Lipinski definition) is 3. The predicted octanol–water partition coefficient (Wildman–Crippen LogP) is 2.76. The van der Waals surface area contributed by atoms with Crippen molar-refractivity contribution in [1.82, 2.24) is 15.3 Å². The molecule has 7 heteroatoms. The van der Waals surface area contributed by atoms with E-state index < -0.39 is 12.0 Å². The second-order valence-corrected chi connectivity index (χ2v) is 6.64. The molecule has 0 saturated carbocycles. The predicted molar refractivity (Wildman–Crippen MR) is 98.8 cm³/mol. The molecule has 27 heavy (non-hydrogen) atoms. The Hall–Kier alpha value is -3.45. The summed E-state index contributed by atoms with van der Waals surface area (Å²) in [5.74, 6) is -0.708. The minimum absolute atomic E-state index is 0.0474. The van der Waals surface area contributed by atoms with E-state index >= 15 is 0 Å². The van der Waals surface area contributed by atoms with Gasteiger partial charge in [0.25, 0.3) is 0 Å². The summed E-state index contributed by atoms with van der Waals surface area (Å²) in [4.78, 5) is 31.9. The summed E-state index contributed by atoms with van der Waals surface area (Å²) in [7, 11) is 0. The molecule has 1 unspecified atom stereocenters. The van der Waals surface area contributed by atoms with Crippen molar-refractivity contribution in [3.8, 4) is 11.5 Å². The first kappa shape index (κ1) is 15.8. The third-order valence-corrected chi connectivity index (χ3v) is 4.97. The molecule has 1 atom stereocenters. The first-order valence-electron chi connectivity index (χ1n) is 8.59. The van der Waals surface area contributed by atoms with Gasteiger partial charge in [-0.2, -0.15) is 0 Å². The van der Waals surface area contributed by atoms with Crippen LogP contribution >= 0.6 is 0 Å². The lowest BCUT2D eigenvalue weighted by Gasteiger charge is -2.14. The van der Waals surface area contributed by atoms with Crippen LogP contribution in [-0.4, -0.2) is 39.4 Å². The Morgan fingerprint density at radius 1 is 1.15 bits per heavy atom. The van der Waals surface area contributed by atoms with Crippen LogP contribution in [-0.2, 0) is 11.2 Å². The number of nitrogens with one attached hydrogen (secondary N) is 2. The molecule has 6 rings (SSSR count). The number of aromatic amines is 1. The minimum Gasteiger partial charge on any atom is -0.480 e. The smallest absolute Gasteiger partial charge is 0.321 e. The summed E-state index contributed by atoms with van der Waals surface area (Å²) in [6.07, 6.45) is 2.01. The number of H-pyrrole nitrogens is 1. The van der Waals surface area contributed by atoms with Crippen LogP contribution in [0.25, 0.3) is 33.5 Å². The van der Waals surface area contributed by atoms with Crippen molar-refractivity contribution in [2.45, 2.75) is 12.5 Å². The number of carboxylic acids is 1. The molecule has 4 bridgehead atoms. The molecule has 0 aliphatic carbocycles. The van der Waals surface area contributed by atoms with Crippen LogP contribution in [0.5, 0.6) is 0 Å². The molecule has 0 saturated heterocycles. The summed E-state index contributed by atoms with van der Waals surface area (Å²) < 4.78 is 5.91. The largest absolute Gasteiger partial charge is 0.480 e. The molecule has 7 nitrogen and oxygen atoms in total. The molecular formula is C20H15N3O4. The van der Waals surface area contributed by atoms with Gasteiger partial charge in [-0.15, -0.1) is 0 Å². The Kier molecular flexibility index (Phi) is 3.38. The maximum absolute atomic E-state index is 12.4. The fourth-order valence-corrected chi connectivity index (χ4v) is 3.54. The van der Waals surface area contributed by atoms with Crippen LogP contribution in [0.2, 0.25) is 0 Å². The average Bonchev–Trinajstić information content (AvgIpc) is 3.27. The van der Waals surface area contributed by atoms with E-state index in [0.29, 0.717) is 22.6 Å². The molecule has 2 aromatic carbocycles. The van der Waals surface area contributed by atoms with Crippen molar-refractivity contribution in [3.63, 3.8) is 0 Å². The highest BCUT2D eigenvalue weighted by atomic mass is 16.4. The minimum atomic E-state index is -1.01. The Morgan fingerprint density at radius 2 is 1.93 bits per heavy atom. The van der Waals surface area contributed by atoms with E-state index in [4.69, 9.17) is 4.42 Å². The van der Waals surface area contributed by atoms with Crippen LogP contribution in [0, 0.1) is 0 Å². The number of carbonyl (C=O) groups excluding carboxylic acids is 1. The zero-order valence-corrected chi connectivity index (χ0v) is 14.2. The van der Waals surface area contributed by atoms with Gasteiger partial charge in [-0.05, 0) is 29.8 Å². The normalized spacial score (nSPS) is 17.2. The number of carboxylic acid groups (broad SMARTS) is 1. The van der Waals surface area contributed by atoms with Gasteiger partial charge >= 0.3 is 5.97 Å². The lowest BCUT2D eigenvalue weighted by atomic mass is 10.0. The number of hydrogen-bond acceptors (Lipinski definition) is 5. The fourth-order valence-electron chi connectivity index (χ4n) is 3.54. The van der Waals surface area contributed by atoms with Crippen molar-refractivity contribution in [3.05, 3.63) is 53.7 Å². The molecule has 2 aromatic heterocycles. The maximum Gasteiger partial charge on any atom is 0.321 e. The van der Waals surface area contributed by atoms with E-state index in [0.717, 1.165) is 22.0 Å². The highest BCUT2D eigenvalue weighted by Gasteiger charge is 2.23. The third kappa shape index (κ3) is 2.51. The molecule has 134 valence electrons. The Labute approximate surface area is 153 Å². The van der Waals surface area contributed by atoms with Gasteiger partial charge < -0.3 is 14.5 Å². The molecule has 2 aliphatic rings. The number of Topliss-reactive ketones (excluding diaryl/α,β-unsaturated/α-hetero) is 1. The summed E-state index contributed by atoms with van der Waals surface area (Å²) in [6, 6.07) is 9.82. The monoisotopic (exact) mass is 361 g/mol. The van der Waals surface area contributed by atoms with Gasteiger partial charge in [-0.25, -0.2) is 4.98 Å². The summed E-state index contributed by atoms with van der Waals surface area (Å²) in [6.45, 7) is -0.0474. The van der Waals surface area contributed by atoms with Gasteiger partial charge in [0.2, 0.25) is 5.89 Å². The van der Waals surface area contributed by atoms with Gasteiger partial charge in [0.15, 0.2) is 11.4 Å². The maximum atomic E-state index is 12.4. The van der Waals surface area contributed by atoms with Crippen molar-refractivity contribution >= 4 is 33.8 Å². The van der Waals surface area contributed by atoms with Crippen molar-refractivity contribution < 1.29 is 19.1 Å². The molecule has 3 N–H and O–H groups in total. The Bertz CT molecular complexity index is 1200. The number of benzene rings is 2. The van der Waals surface area contributed by atoms with Crippen LogP contribution in [0.15, 0.2) is 47.0 Å². The summed E-state index contributed by atoms with van der Waals surface area (Å²) in [5.41, 5.74) is 4.29. The van der Waals surface area contributed by atoms with E-state index in [1.165, 1.54) is 0 Å². The molecule has 0 spiro atoms. The van der Waals surface area contributed by atoms with Crippen LogP contribution in [0.4, 0.5) is 0 Å². The molecule has 4 aromatic rings. The third-order valence-electron chi connectivity index (χ3n) is 4.97. The number of nitrogens with zero attached hydrogens (tertiary/aromatic N) is 1. The van der Waals surface area contributed by atoms with Crippen molar-refractivity contribution in [1.29, 1.82) is 0 Å². The zero-order valence-electron chi connectivity index (χ0n) is 14.2. The van der Waals surface area contributed by atoms with E-state index in [9.17, 15) is 14.7 Å². The standard InChI is InChI=1S/C20H15N3O4/c24-15-9-22-14(20(25)26)7-12-8-21-13-5-6-16-18(17(12)13)23-19(27-16)11-3-1-10(15)2-4-11/h1-6,8,14,21-22H,7,9H2,(H,25,26). The van der Waals surface area contributed by atoms with E-state index in [1.54, 1.807) is 30.5 Å². The van der Waals surface area contributed by atoms with Crippen LogP contribution in [0.1, 0.15) is 15.9 Å². The molecule has 0 radical (unpaired) electrons. The molecular weight excluding hydrogens is 346 g/mol. The number of oxazole rings is 1. The quantitative estimate of drug-likeness (QED) is 0.481. The van der Waals surface area contributed by atoms with Crippen molar-refractivity contribution in [2.24, 2.45) is 0 Å². The van der Waals surface area contributed by atoms with Gasteiger partial charge in [0.05, 0.1) is 6.54 Å². The summed E-state index contributed by atoms with van der Waals surface area (Å²) >= 11 is 0. The lowest BCUT2D eigenvalue weighted by Crippen LogP contribution is -2.41. The number of fused-ring (bicyclic) bond motifs is 6. The first-order valence-corrected chi connectivity index (χ1v) is 8.59. The first-order chi connectivity index (χ1) is 13.1. The Morgan fingerprint density at radius 3 is 2.70 bits per heavy atom. The molecule has 2 aliphatic heterocycles. The molecule has 0 fully saturated rings. The molecule has 4 heterocycles. The van der Waals surface area contributed by atoms with Crippen molar-refractivity contribution in [2.75, 3.05) is 6.54 Å². The SMILES string of the molecule is O=C1CNC(C(=O)O)Cc2c[nH]c3ccc4oc(nc4c23)-c2ccc1cc2. The number of rotatable bonds is 1. The van der Waals surface area contributed by atoms with Crippen LogP contribution < -0.4 is 5.32 Å². The average molecular weight is 361 g/mol. The fraction of sp³-hybridized carbons (Fsp3) is 0.150. The number of aromatic nitrogens is 2. The van der Waals surface area contributed by atoms with Gasteiger partial charge in [-0.1, -0.05) is 12.1 Å². The Balaban J connectivity index is 1.78. The van der Waals surface area contributed by atoms with E-state index in [-0.39, 0.29) is 18.7 Å². The second kappa shape index (κ2) is 5.78. The highest BCUT2D eigenvalue weighted by Crippen LogP contribution is 2.32. The lowest BCUT2D eigenvalue weighted by molar-refractivity contribution is -0.139. The molecule has 0 amide bonds. The number of carbonyl (C=O) groups is 2. The van der Waals surface area contributed by atoms with Gasteiger partial charge in [0, 0.05) is 34.6 Å². The van der Waals surface area contributed by atoms with E-state index in [2.05, 4.69) is 15.3 Å².